The van der Waals surface area contributed by atoms with Crippen LogP contribution in [0.5, 0.6) is 0 Å². The average Bonchev–Trinajstić information content (AvgIpc) is 2.25. The minimum Gasteiger partial charge on any atom is -0.399 e. The number of nitrogens with one attached hydrogen (secondary N) is 1. The van der Waals surface area contributed by atoms with Crippen molar-refractivity contribution in [1.29, 1.82) is 0 Å². The molecule has 0 unspecified atom stereocenters. The smallest absolute Gasteiger partial charge is 0.0414 e. The zero-order chi connectivity index (χ0) is 11.5. The molecule has 0 saturated carbocycles. The van der Waals surface area contributed by atoms with Gasteiger partial charge in [0.1, 0.15) is 0 Å². The highest BCUT2D eigenvalue weighted by Crippen LogP contribution is 2.24. The average molecular weight is 277 g/mol. The number of halogens is 1. The Labute approximate surface area is 104 Å². The fourth-order valence-corrected chi connectivity index (χ4v) is 1.96. The first kappa shape index (κ1) is 11.0. The summed E-state index contributed by atoms with van der Waals surface area (Å²) in [4.78, 5) is 0. The maximum Gasteiger partial charge on any atom is 0.0414 e. The molecule has 3 heteroatoms. The molecule has 2 aromatic carbocycles. The van der Waals surface area contributed by atoms with E-state index in [0.717, 1.165) is 21.5 Å². The van der Waals surface area contributed by atoms with Crippen molar-refractivity contribution in [3.05, 3.63) is 52.5 Å². The van der Waals surface area contributed by atoms with E-state index in [9.17, 15) is 0 Å². The molecule has 16 heavy (non-hydrogen) atoms. The molecule has 0 bridgehead atoms. The predicted octanol–water partition coefficient (Wildman–Crippen LogP) is 4.08. The number of anilines is 3. The van der Waals surface area contributed by atoms with Crippen molar-refractivity contribution in [3.63, 3.8) is 0 Å². The first-order chi connectivity index (χ1) is 7.65. The van der Waals surface area contributed by atoms with Crippen molar-refractivity contribution >= 4 is 33.0 Å². The Morgan fingerprint density at radius 3 is 2.38 bits per heavy atom. The van der Waals surface area contributed by atoms with Crippen LogP contribution < -0.4 is 11.1 Å². The molecular formula is C13H13BrN2. The van der Waals surface area contributed by atoms with Crippen LogP contribution in [0.15, 0.2) is 46.9 Å². The first-order valence-electron chi connectivity index (χ1n) is 5.04. The van der Waals surface area contributed by atoms with Gasteiger partial charge in [-0.2, -0.15) is 0 Å². The lowest BCUT2D eigenvalue weighted by molar-refractivity contribution is 1.42. The Kier molecular flexibility index (Phi) is 3.15. The van der Waals surface area contributed by atoms with E-state index in [1.165, 1.54) is 5.56 Å². The summed E-state index contributed by atoms with van der Waals surface area (Å²) < 4.78 is 1.09. The van der Waals surface area contributed by atoms with Crippen molar-refractivity contribution in [2.75, 3.05) is 11.1 Å². The van der Waals surface area contributed by atoms with E-state index in [-0.39, 0.29) is 0 Å². The molecule has 0 amide bonds. The van der Waals surface area contributed by atoms with E-state index in [1.54, 1.807) is 0 Å². The van der Waals surface area contributed by atoms with Gasteiger partial charge in [-0.1, -0.05) is 15.9 Å². The molecule has 0 spiro atoms. The second-order valence-electron chi connectivity index (χ2n) is 3.71. The molecule has 2 rings (SSSR count). The second kappa shape index (κ2) is 4.58. The molecule has 0 aliphatic rings. The van der Waals surface area contributed by atoms with E-state index in [0.29, 0.717) is 0 Å². The number of nitrogen functional groups attached to an aromatic ring is 1. The quantitative estimate of drug-likeness (QED) is 0.811. The Morgan fingerprint density at radius 2 is 1.75 bits per heavy atom. The van der Waals surface area contributed by atoms with Gasteiger partial charge in [0.2, 0.25) is 0 Å². The highest BCUT2D eigenvalue weighted by molar-refractivity contribution is 9.10. The van der Waals surface area contributed by atoms with E-state index in [2.05, 4.69) is 40.3 Å². The molecule has 0 radical (unpaired) electrons. The van der Waals surface area contributed by atoms with Crippen LogP contribution in [0.25, 0.3) is 0 Å². The maximum absolute atomic E-state index is 5.64. The van der Waals surface area contributed by atoms with E-state index in [1.807, 2.05) is 30.3 Å². The Hall–Kier alpha value is -1.48. The van der Waals surface area contributed by atoms with Gasteiger partial charge < -0.3 is 11.1 Å². The first-order valence-corrected chi connectivity index (χ1v) is 5.83. The molecule has 0 atom stereocenters. The van der Waals surface area contributed by atoms with Crippen molar-refractivity contribution in [3.8, 4) is 0 Å². The standard InChI is InChI=1S/C13H13BrN2/c1-9-8-10(14)2-7-13(9)16-12-5-3-11(15)4-6-12/h2-8,16H,15H2,1H3. The lowest BCUT2D eigenvalue weighted by Gasteiger charge is -2.10. The lowest BCUT2D eigenvalue weighted by atomic mass is 10.2. The Bertz CT molecular complexity index is 492. The normalized spacial score (nSPS) is 10.1. The van der Waals surface area contributed by atoms with Gasteiger partial charge in [0, 0.05) is 21.5 Å². The summed E-state index contributed by atoms with van der Waals surface area (Å²) in [6, 6.07) is 13.9. The van der Waals surface area contributed by atoms with Crippen LogP contribution in [0.2, 0.25) is 0 Å². The lowest BCUT2D eigenvalue weighted by Crippen LogP contribution is -1.93. The number of hydrogen-bond donors (Lipinski definition) is 2. The molecule has 0 saturated heterocycles. The fourth-order valence-electron chi connectivity index (χ4n) is 1.49. The summed E-state index contributed by atoms with van der Waals surface area (Å²) in [6.07, 6.45) is 0. The fraction of sp³-hybridized carbons (Fsp3) is 0.0769. The zero-order valence-electron chi connectivity index (χ0n) is 9.00. The van der Waals surface area contributed by atoms with Crippen LogP contribution in [-0.2, 0) is 0 Å². The number of nitrogens with two attached hydrogens (primary N) is 1. The van der Waals surface area contributed by atoms with Crippen LogP contribution in [-0.4, -0.2) is 0 Å². The van der Waals surface area contributed by atoms with E-state index < -0.39 is 0 Å². The second-order valence-corrected chi connectivity index (χ2v) is 4.62. The number of rotatable bonds is 2. The van der Waals surface area contributed by atoms with Gasteiger partial charge in [0.25, 0.3) is 0 Å². The van der Waals surface area contributed by atoms with Crippen LogP contribution in [0.1, 0.15) is 5.56 Å². The summed E-state index contributed by atoms with van der Waals surface area (Å²) in [6.45, 7) is 2.07. The third-order valence-electron chi connectivity index (χ3n) is 2.38. The van der Waals surface area contributed by atoms with Crippen molar-refractivity contribution in [1.82, 2.24) is 0 Å². The number of hydrogen-bond acceptors (Lipinski definition) is 2. The van der Waals surface area contributed by atoms with Crippen molar-refractivity contribution < 1.29 is 0 Å². The summed E-state index contributed by atoms with van der Waals surface area (Å²) in [7, 11) is 0. The van der Waals surface area contributed by atoms with Gasteiger partial charge in [0.05, 0.1) is 0 Å². The van der Waals surface area contributed by atoms with Gasteiger partial charge in [-0.05, 0) is 55.0 Å². The highest BCUT2D eigenvalue weighted by atomic mass is 79.9. The highest BCUT2D eigenvalue weighted by Gasteiger charge is 1.99. The molecule has 2 nitrogen and oxygen atoms in total. The molecule has 2 aromatic rings. The predicted molar refractivity (Wildman–Crippen MR) is 73.0 cm³/mol. The largest absolute Gasteiger partial charge is 0.399 e. The SMILES string of the molecule is Cc1cc(Br)ccc1Nc1ccc(N)cc1. The molecule has 82 valence electrons. The third kappa shape index (κ3) is 2.55. The van der Waals surface area contributed by atoms with Crippen LogP contribution in [0.3, 0.4) is 0 Å². The minimum atomic E-state index is 0.776. The molecule has 0 aliphatic carbocycles. The Balaban J connectivity index is 2.23. The van der Waals surface area contributed by atoms with Gasteiger partial charge >= 0.3 is 0 Å². The minimum absolute atomic E-state index is 0.776. The van der Waals surface area contributed by atoms with Gasteiger partial charge in [-0.15, -0.1) is 0 Å². The molecular weight excluding hydrogens is 264 g/mol. The molecule has 0 aliphatic heterocycles. The van der Waals surface area contributed by atoms with Crippen LogP contribution >= 0.6 is 15.9 Å². The molecule has 3 N–H and O–H groups in total. The van der Waals surface area contributed by atoms with E-state index >= 15 is 0 Å². The summed E-state index contributed by atoms with van der Waals surface area (Å²) in [5, 5.41) is 3.35. The topological polar surface area (TPSA) is 38.0 Å². The summed E-state index contributed by atoms with van der Waals surface area (Å²) in [5.41, 5.74) is 9.76. The van der Waals surface area contributed by atoms with Crippen molar-refractivity contribution in [2.24, 2.45) is 0 Å². The Morgan fingerprint density at radius 1 is 1.06 bits per heavy atom. The number of aryl methyl sites for hydroxylation is 1. The van der Waals surface area contributed by atoms with Gasteiger partial charge in [-0.3, -0.25) is 0 Å². The summed E-state index contributed by atoms with van der Waals surface area (Å²) in [5.74, 6) is 0. The van der Waals surface area contributed by atoms with Gasteiger partial charge in [0.15, 0.2) is 0 Å². The monoisotopic (exact) mass is 276 g/mol. The molecule has 0 fully saturated rings. The third-order valence-corrected chi connectivity index (χ3v) is 2.87. The summed E-state index contributed by atoms with van der Waals surface area (Å²) >= 11 is 3.45. The van der Waals surface area contributed by atoms with Crippen LogP contribution in [0, 0.1) is 6.92 Å². The van der Waals surface area contributed by atoms with E-state index in [4.69, 9.17) is 5.73 Å². The zero-order valence-corrected chi connectivity index (χ0v) is 10.6. The maximum atomic E-state index is 5.64. The van der Waals surface area contributed by atoms with Crippen molar-refractivity contribution in [2.45, 2.75) is 6.92 Å². The molecule has 0 aromatic heterocycles. The molecule has 0 heterocycles. The van der Waals surface area contributed by atoms with Gasteiger partial charge in [-0.25, -0.2) is 0 Å². The van der Waals surface area contributed by atoms with Crippen LogP contribution in [0.4, 0.5) is 17.1 Å². The number of benzene rings is 2.